The molecule has 0 saturated heterocycles. The number of hydrogen-bond acceptors (Lipinski definition) is 5. The first-order chi connectivity index (χ1) is 12.6. The molecule has 144 valence electrons. The van der Waals surface area contributed by atoms with Crippen molar-refractivity contribution in [2.24, 2.45) is 0 Å². The van der Waals surface area contributed by atoms with E-state index in [0.717, 1.165) is 38.5 Å². The summed E-state index contributed by atoms with van der Waals surface area (Å²) < 4.78 is 10.5. The van der Waals surface area contributed by atoms with Gasteiger partial charge >= 0.3 is 11.9 Å². The molecule has 0 bridgehead atoms. The van der Waals surface area contributed by atoms with Gasteiger partial charge in [-0.15, -0.1) is 0 Å². The summed E-state index contributed by atoms with van der Waals surface area (Å²) in [7, 11) is 0. The minimum absolute atomic E-state index is 0.105. The van der Waals surface area contributed by atoms with Gasteiger partial charge in [0.15, 0.2) is 11.9 Å². The molecule has 5 heteroatoms. The molecular formula is C21H30O5. The van der Waals surface area contributed by atoms with E-state index in [2.05, 4.69) is 13.8 Å². The van der Waals surface area contributed by atoms with Gasteiger partial charge in [0.2, 0.25) is 6.10 Å². The van der Waals surface area contributed by atoms with E-state index in [1.54, 1.807) is 12.2 Å². The van der Waals surface area contributed by atoms with Gasteiger partial charge in [0.25, 0.3) is 0 Å². The Morgan fingerprint density at radius 2 is 1.46 bits per heavy atom. The average molecular weight is 362 g/mol. The zero-order chi connectivity index (χ0) is 19.2. The van der Waals surface area contributed by atoms with Gasteiger partial charge in [-0.3, -0.25) is 14.4 Å². The second-order valence-electron chi connectivity index (χ2n) is 6.26. The first-order valence-electron chi connectivity index (χ1n) is 9.49. The minimum Gasteiger partial charge on any atom is -0.453 e. The number of allylic oxidation sites excluding steroid dienone is 2. The normalized spacial score (nSPS) is 19.5. The molecule has 0 aliphatic heterocycles. The Morgan fingerprint density at radius 3 is 2.00 bits per heavy atom. The highest BCUT2D eigenvalue weighted by atomic mass is 16.6. The van der Waals surface area contributed by atoms with Crippen LogP contribution in [0.3, 0.4) is 0 Å². The molecule has 0 N–H and O–H groups in total. The third-order valence-electron chi connectivity index (χ3n) is 3.91. The number of carbonyl (C=O) groups excluding carboxylic acids is 3. The monoisotopic (exact) mass is 362 g/mol. The average Bonchev–Trinajstić information content (AvgIpc) is 2.94. The lowest BCUT2D eigenvalue weighted by atomic mass is 10.2. The SMILES string of the molecule is CCCC/C=C/CC(=O)OC1C=CC(=O)C1OC(=O)C/C=C/CCCC. The van der Waals surface area contributed by atoms with E-state index in [4.69, 9.17) is 9.47 Å². The van der Waals surface area contributed by atoms with Crippen LogP contribution in [0.4, 0.5) is 0 Å². The summed E-state index contributed by atoms with van der Waals surface area (Å²) in [5, 5.41) is 0. The summed E-state index contributed by atoms with van der Waals surface area (Å²) in [6, 6.07) is 0. The van der Waals surface area contributed by atoms with Gasteiger partial charge in [0.05, 0.1) is 12.8 Å². The molecule has 26 heavy (non-hydrogen) atoms. The van der Waals surface area contributed by atoms with Gasteiger partial charge in [-0.05, 0) is 25.0 Å². The smallest absolute Gasteiger partial charge is 0.310 e. The van der Waals surface area contributed by atoms with Crippen LogP contribution >= 0.6 is 0 Å². The predicted molar refractivity (Wildman–Crippen MR) is 100 cm³/mol. The fourth-order valence-corrected chi connectivity index (χ4v) is 2.40. The summed E-state index contributed by atoms with van der Waals surface area (Å²) in [4.78, 5) is 35.6. The Morgan fingerprint density at radius 1 is 0.923 bits per heavy atom. The Balaban J connectivity index is 2.40. The number of ether oxygens (including phenoxy) is 2. The molecule has 0 saturated carbocycles. The molecule has 0 spiro atoms. The predicted octanol–water partition coefficient (Wildman–Crippen LogP) is 4.22. The van der Waals surface area contributed by atoms with Gasteiger partial charge in [0.1, 0.15) is 0 Å². The molecule has 0 amide bonds. The van der Waals surface area contributed by atoms with Crippen LogP contribution in [0.25, 0.3) is 0 Å². The quantitative estimate of drug-likeness (QED) is 0.295. The van der Waals surface area contributed by atoms with Crippen molar-refractivity contribution in [3.63, 3.8) is 0 Å². The number of rotatable bonds is 12. The van der Waals surface area contributed by atoms with E-state index in [9.17, 15) is 14.4 Å². The molecule has 0 heterocycles. The lowest BCUT2D eigenvalue weighted by Gasteiger charge is -2.18. The molecule has 0 aromatic rings. The Bertz CT molecular complexity index is 545. The van der Waals surface area contributed by atoms with E-state index < -0.39 is 24.1 Å². The molecule has 2 atom stereocenters. The summed E-state index contributed by atoms with van der Waals surface area (Å²) in [6.07, 6.45) is 14.7. The van der Waals surface area contributed by atoms with Crippen molar-refractivity contribution in [2.45, 2.75) is 77.4 Å². The molecular weight excluding hydrogens is 332 g/mol. The molecule has 0 aromatic carbocycles. The molecule has 0 aromatic heterocycles. The molecule has 0 radical (unpaired) electrons. The van der Waals surface area contributed by atoms with Gasteiger partial charge < -0.3 is 9.47 Å². The number of unbranched alkanes of at least 4 members (excludes halogenated alkanes) is 4. The third-order valence-corrected chi connectivity index (χ3v) is 3.91. The number of carbonyl (C=O) groups is 3. The van der Waals surface area contributed by atoms with Gasteiger partial charge in [0, 0.05) is 0 Å². The first-order valence-corrected chi connectivity index (χ1v) is 9.49. The zero-order valence-corrected chi connectivity index (χ0v) is 15.8. The lowest BCUT2D eigenvalue weighted by molar-refractivity contribution is -0.165. The van der Waals surface area contributed by atoms with Crippen LogP contribution in [0.1, 0.15) is 65.2 Å². The highest BCUT2D eigenvalue weighted by Crippen LogP contribution is 2.17. The number of hydrogen-bond donors (Lipinski definition) is 0. The summed E-state index contributed by atoms with van der Waals surface area (Å²) in [6.45, 7) is 4.21. The zero-order valence-electron chi connectivity index (χ0n) is 15.8. The van der Waals surface area contributed by atoms with Crippen molar-refractivity contribution >= 4 is 17.7 Å². The summed E-state index contributed by atoms with van der Waals surface area (Å²) in [5.41, 5.74) is 0. The molecule has 1 rings (SSSR count). The van der Waals surface area contributed by atoms with Gasteiger partial charge in [-0.2, -0.15) is 0 Å². The van der Waals surface area contributed by atoms with Crippen LogP contribution in [-0.2, 0) is 23.9 Å². The standard InChI is InChI=1S/C21H30O5/c1-3-5-7-9-11-13-19(23)25-18-16-15-17(22)21(18)26-20(24)14-12-10-8-6-4-2/h9-12,15-16,18,21H,3-8,13-14H2,1-2H3/b11-9+,12-10+. The van der Waals surface area contributed by atoms with Crippen LogP contribution < -0.4 is 0 Å². The molecule has 2 unspecified atom stereocenters. The largest absolute Gasteiger partial charge is 0.453 e. The maximum Gasteiger partial charge on any atom is 0.310 e. The van der Waals surface area contributed by atoms with Crippen molar-refractivity contribution < 1.29 is 23.9 Å². The number of esters is 2. The maximum absolute atomic E-state index is 11.9. The van der Waals surface area contributed by atoms with Crippen LogP contribution in [0.2, 0.25) is 0 Å². The Hall–Kier alpha value is -2.17. The fraction of sp³-hybridized carbons (Fsp3) is 0.571. The van der Waals surface area contributed by atoms with Crippen molar-refractivity contribution in [1.82, 2.24) is 0 Å². The van der Waals surface area contributed by atoms with Gasteiger partial charge in [-0.1, -0.05) is 63.8 Å². The van der Waals surface area contributed by atoms with E-state index in [0.29, 0.717) is 0 Å². The van der Waals surface area contributed by atoms with Crippen LogP contribution in [-0.4, -0.2) is 29.9 Å². The van der Waals surface area contributed by atoms with Crippen molar-refractivity contribution in [3.8, 4) is 0 Å². The highest BCUT2D eigenvalue weighted by molar-refractivity contribution is 5.98. The van der Waals surface area contributed by atoms with Crippen molar-refractivity contribution in [2.75, 3.05) is 0 Å². The van der Waals surface area contributed by atoms with Crippen LogP contribution in [0.5, 0.6) is 0 Å². The third kappa shape index (κ3) is 8.79. The van der Waals surface area contributed by atoms with Gasteiger partial charge in [-0.25, -0.2) is 0 Å². The fourth-order valence-electron chi connectivity index (χ4n) is 2.40. The van der Waals surface area contributed by atoms with E-state index >= 15 is 0 Å². The summed E-state index contributed by atoms with van der Waals surface area (Å²) in [5.74, 6) is -1.30. The number of ketones is 1. The van der Waals surface area contributed by atoms with Crippen LogP contribution in [0.15, 0.2) is 36.5 Å². The Labute approximate surface area is 156 Å². The maximum atomic E-state index is 11.9. The second kappa shape index (κ2) is 13.1. The van der Waals surface area contributed by atoms with E-state index in [1.165, 1.54) is 12.2 Å². The summed E-state index contributed by atoms with van der Waals surface area (Å²) >= 11 is 0. The molecule has 1 aliphatic rings. The topological polar surface area (TPSA) is 69.7 Å². The van der Waals surface area contributed by atoms with Crippen molar-refractivity contribution in [1.29, 1.82) is 0 Å². The highest BCUT2D eigenvalue weighted by Gasteiger charge is 2.36. The second-order valence-corrected chi connectivity index (χ2v) is 6.26. The lowest BCUT2D eigenvalue weighted by Crippen LogP contribution is -2.35. The molecule has 1 aliphatic carbocycles. The minimum atomic E-state index is -1.07. The Kier molecular flexibility index (Phi) is 11.0. The van der Waals surface area contributed by atoms with E-state index in [-0.39, 0.29) is 18.6 Å². The van der Waals surface area contributed by atoms with E-state index in [1.807, 2.05) is 12.2 Å². The van der Waals surface area contributed by atoms with Crippen LogP contribution in [0, 0.1) is 0 Å². The van der Waals surface area contributed by atoms with Crippen molar-refractivity contribution in [3.05, 3.63) is 36.5 Å². The first kappa shape index (κ1) is 21.9. The molecule has 0 fully saturated rings. The molecule has 5 nitrogen and oxygen atoms in total.